The van der Waals surface area contributed by atoms with Gasteiger partial charge in [0.2, 0.25) is 5.91 Å². The third-order valence-corrected chi connectivity index (χ3v) is 13.6. The topological polar surface area (TPSA) is 113 Å². The van der Waals surface area contributed by atoms with Gasteiger partial charge in [-0.2, -0.15) is 0 Å². The Balaban J connectivity index is 1.23. The van der Waals surface area contributed by atoms with E-state index in [9.17, 15) is 25.1 Å². The third-order valence-electron chi connectivity index (χ3n) is 9.06. The smallest absolute Gasteiger partial charge is 0.269 e. The first kappa shape index (κ1) is 35.6. The van der Waals surface area contributed by atoms with E-state index < -0.39 is 30.9 Å². The maximum absolute atomic E-state index is 12.7. The van der Waals surface area contributed by atoms with Crippen LogP contribution in [0.25, 0.3) is 11.1 Å². The SMILES string of the molecule is O=C(CCCCCCC[P+](c1ccccc1)(c1ccccc1)c1ccccc1-c1ccccc1)N[C@H](CO)[C@H](O)c1ccc([N+](=O)[O-])cc1. The summed E-state index contributed by atoms with van der Waals surface area (Å²) >= 11 is 0. The molecule has 8 heteroatoms. The van der Waals surface area contributed by atoms with Gasteiger partial charge in [-0.1, -0.05) is 97.8 Å². The van der Waals surface area contributed by atoms with Crippen LogP contribution in [0, 0.1) is 10.1 Å². The molecular weight excluding hydrogens is 631 g/mol. The molecule has 0 bridgehead atoms. The number of carbonyl (C=O) groups is 1. The summed E-state index contributed by atoms with van der Waals surface area (Å²) in [5.74, 6) is -0.240. The fraction of sp³-hybridized carbons (Fsp3) is 0.244. The number of non-ortho nitro benzene ring substituents is 1. The van der Waals surface area contributed by atoms with Crippen LogP contribution in [-0.4, -0.2) is 39.9 Å². The molecule has 0 heterocycles. The molecule has 3 N–H and O–H groups in total. The number of aliphatic hydroxyl groups excluding tert-OH is 2. The molecule has 1 amide bonds. The second-order valence-corrected chi connectivity index (χ2v) is 15.8. The molecule has 5 aromatic rings. The van der Waals surface area contributed by atoms with Gasteiger partial charge in [-0.15, -0.1) is 0 Å². The number of hydrogen-bond acceptors (Lipinski definition) is 5. The van der Waals surface area contributed by atoms with Crippen molar-refractivity contribution in [2.45, 2.75) is 50.7 Å². The number of nitrogens with one attached hydrogen (secondary N) is 1. The number of nitro groups is 1. The molecule has 0 aliphatic rings. The van der Waals surface area contributed by atoms with E-state index in [0.29, 0.717) is 18.4 Å². The van der Waals surface area contributed by atoms with Crippen molar-refractivity contribution in [1.82, 2.24) is 5.32 Å². The molecule has 0 aliphatic heterocycles. The summed E-state index contributed by atoms with van der Waals surface area (Å²) < 4.78 is 0. The van der Waals surface area contributed by atoms with Crippen LogP contribution in [0.4, 0.5) is 5.69 Å². The van der Waals surface area contributed by atoms with Crippen LogP contribution in [0.3, 0.4) is 0 Å². The summed E-state index contributed by atoms with van der Waals surface area (Å²) in [6.45, 7) is -0.453. The van der Waals surface area contributed by atoms with Crippen molar-refractivity contribution in [2.75, 3.05) is 12.8 Å². The Morgan fingerprint density at radius 3 is 1.82 bits per heavy atom. The lowest BCUT2D eigenvalue weighted by Crippen LogP contribution is -2.41. The maximum Gasteiger partial charge on any atom is 0.269 e. The number of aliphatic hydroxyl groups is 2. The molecule has 0 aliphatic carbocycles. The van der Waals surface area contributed by atoms with Gasteiger partial charge in [0.05, 0.1) is 23.7 Å². The minimum atomic E-state index is -2.03. The summed E-state index contributed by atoms with van der Waals surface area (Å²) in [6.07, 6.45) is 4.81. The Labute approximate surface area is 289 Å². The van der Waals surface area contributed by atoms with Crippen molar-refractivity contribution in [1.29, 1.82) is 0 Å². The lowest BCUT2D eigenvalue weighted by atomic mass is 10.0. The molecule has 0 saturated heterocycles. The highest BCUT2D eigenvalue weighted by molar-refractivity contribution is 7.95. The Morgan fingerprint density at radius 1 is 0.694 bits per heavy atom. The molecule has 0 fully saturated rings. The molecule has 49 heavy (non-hydrogen) atoms. The average molecular weight is 676 g/mol. The van der Waals surface area contributed by atoms with Crippen molar-refractivity contribution in [3.05, 3.63) is 155 Å². The molecule has 7 nitrogen and oxygen atoms in total. The fourth-order valence-corrected chi connectivity index (χ4v) is 11.2. The van der Waals surface area contributed by atoms with E-state index in [0.717, 1.165) is 31.8 Å². The number of nitro benzene ring substituents is 1. The maximum atomic E-state index is 12.7. The van der Waals surface area contributed by atoms with E-state index in [2.05, 4.69) is 121 Å². The molecule has 0 aromatic heterocycles. The zero-order valence-corrected chi connectivity index (χ0v) is 28.5. The normalized spacial score (nSPS) is 12.6. The highest BCUT2D eigenvalue weighted by atomic mass is 31.2. The molecule has 5 rings (SSSR count). The van der Waals surface area contributed by atoms with E-state index >= 15 is 0 Å². The van der Waals surface area contributed by atoms with Gasteiger partial charge in [-0.05, 0) is 72.9 Å². The molecule has 0 unspecified atom stereocenters. The number of hydrogen-bond donors (Lipinski definition) is 3. The minimum Gasteiger partial charge on any atom is -0.394 e. The van der Waals surface area contributed by atoms with Gasteiger partial charge in [-0.3, -0.25) is 14.9 Å². The first-order valence-corrected chi connectivity index (χ1v) is 18.9. The van der Waals surface area contributed by atoms with Crippen molar-refractivity contribution < 1.29 is 19.9 Å². The zero-order chi connectivity index (χ0) is 34.5. The summed E-state index contributed by atoms with van der Waals surface area (Å²) in [5.41, 5.74) is 2.79. The molecule has 5 aromatic carbocycles. The number of benzene rings is 5. The van der Waals surface area contributed by atoms with Crippen molar-refractivity contribution >= 4 is 34.8 Å². The monoisotopic (exact) mass is 675 g/mol. The fourth-order valence-electron chi connectivity index (χ4n) is 6.53. The Hall–Kier alpha value is -4.68. The lowest BCUT2D eigenvalue weighted by Gasteiger charge is -2.29. The summed E-state index contributed by atoms with van der Waals surface area (Å²) in [4.78, 5) is 23.1. The Bertz CT molecular complexity index is 1730. The van der Waals surface area contributed by atoms with Crippen molar-refractivity contribution in [3.8, 4) is 11.1 Å². The van der Waals surface area contributed by atoms with Crippen LogP contribution in [0.1, 0.15) is 50.2 Å². The second-order valence-electron chi connectivity index (χ2n) is 12.3. The van der Waals surface area contributed by atoms with Crippen LogP contribution in [0.15, 0.2) is 140 Å². The summed E-state index contributed by atoms with van der Waals surface area (Å²) in [5, 5.41) is 38.3. The van der Waals surface area contributed by atoms with Gasteiger partial charge >= 0.3 is 0 Å². The highest BCUT2D eigenvalue weighted by Crippen LogP contribution is 2.57. The van der Waals surface area contributed by atoms with Gasteiger partial charge in [0, 0.05) is 24.1 Å². The van der Waals surface area contributed by atoms with Crippen LogP contribution < -0.4 is 21.2 Å². The number of rotatable bonds is 17. The predicted molar refractivity (Wildman–Crippen MR) is 200 cm³/mol. The quantitative estimate of drug-likeness (QED) is 0.0421. The number of unbranched alkanes of at least 4 members (excludes halogenated alkanes) is 4. The van der Waals surface area contributed by atoms with Gasteiger partial charge in [0.25, 0.3) is 5.69 Å². The minimum absolute atomic E-state index is 0.0924. The molecular formula is C41H44N2O5P+. The standard InChI is InChI=1S/C41H43N2O5P/c44-31-38(41(46)33-26-28-34(29-27-33)43(47)48)42-40(45)25-13-2-1-3-16-30-49(35-19-9-5-10-20-35,36-21-11-6-12-22-36)39-24-15-14-23-37(39)32-17-7-4-8-18-32/h4-12,14-15,17-24,26-29,38,41,44,46H,1-3,13,16,25,30-31H2/p+1/t38-,41-/m1/s1. The second kappa shape index (κ2) is 17.6. The summed E-state index contributed by atoms with van der Waals surface area (Å²) in [7, 11) is -2.03. The van der Waals surface area contributed by atoms with Crippen LogP contribution in [-0.2, 0) is 4.79 Å². The van der Waals surface area contributed by atoms with E-state index in [1.54, 1.807) is 0 Å². The predicted octanol–water partition coefficient (Wildman–Crippen LogP) is 7.11. The Kier molecular flexibility index (Phi) is 12.8. The highest BCUT2D eigenvalue weighted by Gasteiger charge is 2.46. The third kappa shape index (κ3) is 8.87. The first-order chi connectivity index (χ1) is 23.9. The number of carbonyl (C=O) groups excluding carboxylic acids is 1. The van der Waals surface area contributed by atoms with Gasteiger partial charge in [0.15, 0.2) is 0 Å². The van der Waals surface area contributed by atoms with Crippen molar-refractivity contribution in [2.24, 2.45) is 0 Å². The van der Waals surface area contributed by atoms with E-state index in [1.165, 1.54) is 51.3 Å². The van der Waals surface area contributed by atoms with Crippen LogP contribution in [0.5, 0.6) is 0 Å². The van der Waals surface area contributed by atoms with Gasteiger partial charge in [0.1, 0.15) is 29.3 Å². The Morgan fingerprint density at radius 2 is 1.22 bits per heavy atom. The first-order valence-electron chi connectivity index (χ1n) is 16.9. The van der Waals surface area contributed by atoms with E-state index in [-0.39, 0.29) is 11.6 Å². The lowest BCUT2D eigenvalue weighted by molar-refractivity contribution is -0.384. The largest absolute Gasteiger partial charge is 0.394 e. The molecule has 0 saturated carbocycles. The molecule has 0 radical (unpaired) electrons. The van der Waals surface area contributed by atoms with Crippen LogP contribution in [0.2, 0.25) is 0 Å². The zero-order valence-electron chi connectivity index (χ0n) is 27.6. The van der Waals surface area contributed by atoms with Crippen LogP contribution >= 0.6 is 7.26 Å². The van der Waals surface area contributed by atoms with Gasteiger partial charge in [-0.25, -0.2) is 0 Å². The van der Waals surface area contributed by atoms with Crippen molar-refractivity contribution in [3.63, 3.8) is 0 Å². The van der Waals surface area contributed by atoms with E-state index in [1.807, 2.05) is 0 Å². The van der Waals surface area contributed by atoms with Gasteiger partial charge < -0.3 is 15.5 Å². The average Bonchev–Trinajstić information content (AvgIpc) is 3.16. The summed E-state index contributed by atoms with van der Waals surface area (Å²) in [6, 6.07) is 46.0. The number of nitrogens with zero attached hydrogens (tertiary/aromatic N) is 1. The molecule has 252 valence electrons. The van der Waals surface area contributed by atoms with E-state index in [4.69, 9.17) is 0 Å². The molecule has 0 spiro atoms. The molecule has 2 atom stereocenters. The number of amides is 1.